The van der Waals surface area contributed by atoms with Gasteiger partial charge in [0.25, 0.3) is 0 Å². The van der Waals surface area contributed by atoms with Crippen molar-refractivity contribution in [2.45, 2.75) is 34.1 Å². The third kappa shape index (κ3) is 32.2. The van der Waals surface area contributed by atoms with Crippen molar-refractivity contribution >= 4 is 52.0 Å². The van der Waals surface area contributed by atoms with Crippen molar-refractivity contribution in [3.63, 3.8) is 0 Å². The molecule has 3 heteroatoms. The Balaban J connectivity index is -0.000000131. The van der Waals surface area contributed by atoms with Gasteiger partial charge in [0.1, 0.15) is 6.79 Å². The largest absolute Gasteiger partial charge is 0.307 e. The Labute approximate surface area is 110 Å². The highest BCUT2D eigenvalue weighted by molar-refractivity contribution is 14.1. The van der Waals surface area contributed by atoms with Crippen molar-refractivity contribution in [3.05, 3.63) is 9.66 Å². The van der Waals surface area contributed by atoms with Crippen LogP contribution in [0.15, 0.2) is 9.66 Å². The van der Waals surface area contributed by atoms with Crippen molar-refractivity contribution in [2.75, 3.05) is 4.43 Å². The van der Waals surface area contributed by atoms with Crippen LogP contribution in [0.1, 0.15) is 34.1 Å². The Morgan fingerprint density at radius 3 is 1.77 bits per heavy atom. The summed E-state index contributed by atoms with van der Waals surface area (Å²) in [5.74, 6) is 0.884. The predicted molar refractivity (Wildman–Crippen MR) is 78.9 cm³/mol. The van der Waals surface area contributed by atoms with Crippen molar-refractivity contribution in [1.29, 1.82) is 0 Å². The summed E-state index contributed by atoms with van der Waals surface area (Å²) in [6, 6.07) is 0. The number of rotatable bonds is 2. The summed E-state index contributed by atoms with van der Waals surface area (Å²) in [5, 5.41) is 0. The average Bonchev–Trinajstić information content (AvgIpc) is 2.20. The van der Waals surface area contributed by atoms with Crippen LogP contribution in [0.3, 0.4) is 0 Å². The van der Waals surface area contributed by atoms with E-state index in [4.69, 9.17) is 4.79 Å². The third-order valence-electron chi connectivity index (χ3n) is 1.26. The monoisotopic (exact) mass is 410 g/mol. The smallest absolute Gasteiger partial charge is 0.106 e. The van der Waals surface area contributed by atoms with Crippen LogP contribution in [0, 0.1) is 5.92 Å². The molecule has 0 aromatic heterocycles. The summed E-state index contributed by atoms with van der Waals surface area (Å²) in [5.41, 5.74) is 0. The molecule has 0 amide bonds. The molecule has 0 unspecified atom stereocenters. The lowest BCUT2D eigenvalue weighted by atomic mass is 10.2. The van der Waals surface area contributed by atoms with Crippen LogP contribution in [0.2, 0.25) is 0 Å². The predicted octanol–water partition coefficient (Wildman–Crippen LogP) is 4.63. The Morgan fingerprint density at radius 1 is 1.46 bits per heavy atom. The van der Waals surface area contributed by atoms with Crippen LogP contribution in [-0.2, 0) is 4.79 Å². The standard InChI is InChI=1S/C5H12.C4H6I2.CH2O/c1-4-5(2)3;1-2-4(6)3-5;1-2/h5H,4H2,1-3H3;2H,3H2,1H3;1H2/b;4-2-;. The second-order valence-electron chi connectivity index (χ2n) is 2.67. The van der Waals surface area contributed by atoms with Crippen LogP contribution in [0.5, 0.6) is 0 Å². The first-order valence-electron chi connectivity index (χ1n) is 4.23. The third-order valence-corrected chi connectivity index (χ3v) is 4.54. The molecule has 0 rings (SSSR count). The maximum absolute atomic E-state index is 8.00. The highest BCUT2D eigenvalue weighted by atomic mass is 127. The van der Waals surface area contributed by atoms with E-state index in [1.807, 2.05) is 6.79 Å². The van der Waals surface area contributed by atoms with Gasteiger partial charge in [-0.05, 0) is 39.0 Å². The van der Waals surface area contributed by atoms with Gasteiger partial charge in [0.2, 0.25) is 0 Å². The minimum absolute atomic E-state index is 0.884. The van der Waals surface area contributed by atoms with E-state index in [2.05, 4.69) is 79.0 Å². The molecule has 13 heavy (non-hydrogen) atoms. The molecule has 1 nitrogen and oxygen atoms in total. The molecule has 0 N–H and O–H groups in total. The van der Waals surface area contributed by atoms with Gasteiger partial charge in [0.05, 0.1) is 0 Å². The van der Waals surface area contributed by atoms with Crippen molar-refractivity contribution in [3.8, 4) is 0 Å². The molecule has 0 bridgehead atoms. The number of carbonyl (C=O) groups excluding carboxylic acids is 1. The molecule has 0 aliphatic rings. The van der Waals surface area contributed by atoms with Gasteiger partial charge in [-0.1, -0.05) is 55.9 Å². The van der Waals surface area contributed by atoms with Gasteiger partial charge in [0.15, 0.2) is 0 Å². The molecular formula is C10H20I2O. The van der Waals surface area contributed by atoms with Crippen molar-refractivity contribution in [2.24, 2.45) is 5.92 Å². The molecule has 0 spiro atoms. The summed E-state index contributed by atoms with van der Waals surface area (Å²) in [6.07, 6.45) is 3.42. The number of hydrogen-bond donors (Lipinski definition) is 0. The normalized spacial score (nSPS) is 9.62. The molecule has 0 aromatic rings. The lowest BCUT2D eigenvalue weighted by Crippen LogP contribution is -1.77. The van der Waals surface area contributed by atoms with Gasteiger partial charge in [-0.2, -0.15) is 0 Å². The van der Waals surface area contributed by atoms with E-state index < -0.39 is 0 Å². The zero-order valence-corrected chi connectivity index (χ0v) is 13.3. The van der Waals surface area contributed by atoms with E-state index in [0.29, 0.717) is 0 Å². The topological polar surface area (TPSA) is 17.1 Å². The maximum atomic E-state index is 8.00. The second-order valence-corrected chi connectivity index (χ2v) is 4.82. The molecular weight excluding hydrogens is 390 g/mol. The maximum Gasteiger partial charge on any atom is 0.106 e. The van der Waals surface area contributed by atoms with E-state index in [1.165, 1.54) is 10.0 Å². The fourth-order valence-electron chi connectivity index (χ4n) is 0.0772. The van der Waals surface area contributed by atoms with Crippen molar-refractivity contribution in [1.82, 2.24) is 0 Å². The van der Waals surface area contributed by atoms with Gasteiger partial charge in [-0.15, -0.1) is 0 Å². The van der Waals surface area contributed by atoms with E-state index in [9.17, 15) is 0 Å². The number of allylic oxidation sites excluding steroid dienone is 2. The summed E-state index contributed by atoms with van der Waals surface area (Å²) in [7, 11) is 0. The summed E-state index contributed by atoms with van der Waals surface area (Å²) < 4.78 is 2.57. The molecule has 0 fully saturated rings. The van der Waals surface area contributed by atoms with E-state index >= 15 is 0 Å². The Bertz CT molecular complexity index is 111. The number of hydrogen-bond acceptors (Lipinski definition) is 1. The van der Waals surface area contributed by atoms with Crippen LogP contribution in [0.25, 0.3) is 0 Å². The summed E-state index contributed by atoms with van der Waals surface area (Å²) >= 11 is 4.66. The molecule has 0 aliphatic heterocycles. The fraction of sp³-hybridized carbons (Fsp3) is 0.700. The van der Waals surface area contributed by atoms with Crippen molar-refractivity contribution < 1.29 is 4.79 Å². The molecule has 80 valence electrons. The lowest BCUT2D eigenvalue weighted by molar-refractivity contribution is -0.0979. The Hall–Kier alpha value is 0.870. The van der Waals surface area contributed by atoms with Gasteiger partial charge >= 0.3 is 0 Å². The SMILES string of the molecule is C/C=C(\I)CI.C=O.CCC(C)C. The molecule has 0 saturated carbocycles. The number of alkyl halides is 1. The molecule has 0 radical (unpaired) electrons. The molecule has 0 atom stereocenters. The van der Waals surface area contributed by atoms with E-state index in [0.717, 1.165) is 10.3 Å². The molecule has 0 aliphatic carbocycles. The summed E-state index contributed by atoms with van der Waals surface area (Å²) in [6.45, 7) is 10.7. The van der Waals surface area contributed by atoms with E-state index in [1.54, 1.807) is 0 Å². The fourth-order valence-corrected chi connectivity index (χ4v) is 0.518. The molecule has 0 aromatic carbocycles. The molecule has 0 heterocycles. The minimum atomic E-state index is 0.884. The summed E-state index contributed by atoms with van der Waals surface area (Å²) in [4.78, 5) is 8.00. The second kappa shape index (κ2) is 18.6. The van der Waals surface area contributed by atoms with Crippen LogP contribution < -0.4 is 0 Å². The first kappa shape index (κ1) is 19.4. The highest BCUT2D eigenvalue weighted by Crippen LogP contribution is 2.07. The number of carbonyl (C=O) groups is 1. The lowest BCUT2D eigenvalue weighted by Gasteiger charge is -1.90. The first-order valence-corrected chi connectivity index (χ1v) is 6.84. The zero-order chi connectivity index (χ0) is 11.3. The Kier molecular flexibility index (Phi) is 27.8. The van der Waals surface area contributed by atoms with Crippen LogP contribution in [-0.4, -0.2) is 11.2 Å². The van der Waals surface area contributed by atoms with Gasteiger partial charge in [-0.3, -0.25) is 0 Å². The minimum Gasteiger partial charge on any atom is -0.307 e. The van der Waals surface area contributed by atoms with Gasteiger partial charge in [-0.25, -0.2) is 0 Å². The quantitative estimate of drug-likeness (QED) is 0.480. The van der Waals surface area contributed by atoms with Crippen LogP contribution in [0.4, 0.5) is 0 Å². The van der Waals surface area contributed by atoms with E-state index in [-0.39, 0.29) is 0 Å². The average molecular weight is 410 g/mol. The Morgan fingerprint density at radius 2 is 1.77 bits per heavy atom. The molecule has 0 saturated heterocycles. The first-order chi connectivity index (χ1) is 6.08. The van der Waals surface area contributed by atoms with Crippen LogP contribution >= 0.6 is 45.2 Å². The highest BCUT2D eigenvalue weighted by Gasteiger charge is 1.80. The van der Waals surface area contributed by atoms with Gasteiger partial charge in [0, 0.05) is 4.43 Å². The van der Waals surface area contributed by atoms with Gasteiger partial charge < -0.3 is 4.79 Å². The zero-order valence-electron chi connectivity index (χ0n) is 8.94. The number of halogens is 2.